The Morgan fingerprint density at radius 2 is 2.00 bits per heavy atom. The van der Waals surface area contributed by atoms with Crippen LogP contribution in [0.1, 0.15) is 40.0 Å². The van der Waals surface area contributed by atoms with Gasteiger partial charge in [0.1, 0.15) is 0 Å². The molecule has 3 unspecified atom stereocenters. The molecule has 0 heterocycles. The molecule has 1 aliphatic carbocycles. The first-order chi connectivity index (χ1) is 6.88. The Hall–Kier alpha value is -0.570. The van der Waals surface area contributed by atoms with Crippen LogP contribution in [-0.4, -0.2) is 23.8 Å². The van der Waals surface area contributed by atoms with Gasteiger partial charge in [0, 0.05) is 13.0 Å². The summed E-state index contributed by atoms with van der Waals surface area (Å²) in [6.07, 6.45) is 2.85. The number of hydrogen-bond acceptors (Lipinski definition) is 2. The van der Waals surface area contributed by atoms with Crippen LogP contribution in [0.3, 0.4) is 0 Å². The molecule has 1 rings (SSSR count). The molecule has 1 aliphatic rings. The van der Waals surface area contributed by atoms with Crippen LogP contribution in [0.25, 0.3) is 0 Å². The molecule has 0 bridgehead atoms. The van der Waals surface area contributed by atoms with Gasteiger partial charge in [-0.25, -0.2) is 0 Å². The van der Waals surface area contributed by atoms with Crippen molar-refractivity contribution in [1.29, 1.82) is 0 Å². The van der Waals surface area contributed by atoms with Gasteiger partial charge in [-0.15, -0.1) is 0 Å². The molecule has 88 valence electrons. The van der Waals surface area contributed by atoms with E-state index in [-0.39, 0.29) is 17.4 Å². The Kier molecular flexibility index (Phi) is 3.77. The fourth-order valence-corrected chi connectivity index (χ4v) is 2.64. The van der Waals surface area contributed by atoms with Gasteiger partial charge in [-0.2, -0.15) is 0 Å². The highest BCUT2D eigenvalue weighted by molar-refractivity contribution is 5.70. The predicted octanol–water partition coefficient (Wildman–Crippen LogP) is 2.55. The molecule has 3 atom stereocenters. The number of carboxylic acids is 1. The fourth-order valence-electron chi connectivity index (χ4n) is 2.64. The topological polar surface area (TPSA) is 46.5 Å². The smallest absolute Gasteiger partial charge is 0.306 e. The van der Waals surface area contributed by atoms with Crippen molar-refractivity contribution >= 4 is 5.97 Å². The van der Waals surface area contributed by atoms with E-state index in [1.165, 1.54) is 0 Å². The molecule has 0 aromatic rings. The van der Waals surface area contributed by atoms with Crippen molar-refractivity contribution in [3.8, 4) is 0 Å². The van der Waals surface area contributed by atoms with Gasteiger partial charge in [-0.1, -0.05) is 13.3 Å². The lowest BCUT2D eigenvalue weighted by Gasteiger charge is -2.41. The van der Waals surface area contributed by atoms with Crippen molar-refractivity contribution in [3.63, 3.8) is 0 Å². The van der Waals surface area contributed by atoms with Crippen molar-refractivity contribution in [3.05, 3.63) is 0 Å². The molecule has 1 fully saturated rings. The van der Waals surface area contributed by atoms with E-state index in [9.17, 15) is 9.90 Å². The van der Waals surface area contributed by atoms with E-state index in [2.05, 4.69) is 6.92 Å². The number of hydrogen-bond donors (Lipinski definition) is 1. The van der Waals surface area contributed by atoms with Crippen molar-refractivity contribution in [2.45, 2.75) is 45.6 Å². The van der Waals surface area contributed by atoms with E-state index in [4.69, 9.17) is 4.74 Å². The summed E-state index contributed by atoms with van der Waals surface area (Å²) in [4.78, 5) is 11.2. The molecule has 0 amide bonds. The van der Waals surface area contributed by atoms with Gasteiger partial charge < -0.3 is 9.84 Å². The maximum absolute atomic E-state index is 11.2. The summed E-state index contributed by atoms with van der Waals surface area (Å²) in [7, 11) is 1.66. The molecular formula is C12H22O3. The Labute approximate surface area is 91.8 Å². The summed E-state index contributed by atoms with van der Waals surface area (Å²) in [6.45, 7) is 6.11. The Morgan fingerprint density at radius 3 is 2.47 bits per heavy atom. The van der Waals surface area contributed by atoms with Crippen molar-refractivity contribution in [2.24, 2.45) is 17.8 Å². The largest absolute Gasteiger partial charge is 0.481 e. The van der Waals surface area contributed by atoms with Crippen LogP contribution >= 0.6 is 0 Å². The summed E-state index contributed by atoms with van der Waals surface area (Å²) in [5, 5.41) is 9.23. The number of carbonyl (C=O) groups is 1. The number of carboxylic acid groups (broad SMARTS) is 1. The number of rotatable bonds is 3. The Balaban J connectivity index is 2.81. The van der Waals surface area contributed by atoms with E-state index in [1.54, 1.807) is 7.11 Å². The zero-order chi connectivity index (χ0) is 11.6. The molecule has 0 aromatic heterocycles. The molecule has 3 nitrogen and oxygen atoms in total. The Morgan fingerprint density at radius 1 is 1.40 bits per heavy atom. The summed E-state index contributed by atoms with van der Waals surface area (Å²) < 4.78 is 5.43. The van der Waals surface area contributed by atoms with Gasteiger partial charge in [0.05, 0.1) is 11.5 Å². The first kappa shape index (κ1) is 12.5. The van der Waals surface area contributed by atoms with Crippen LogP contribution in [0.4, 0.5) is 0 Å². The van der Waals surface area contributed by atoms with E-state index < -0.39 is 5.97 Å². The number of aliphatic carboxylic acids is 1. The zero-order valence-electron chi connectivity index (χ0n) is 10.1. The van der Waals surface area contributed by atoms with Gasteiger partial charge >= 0.3 is 5.97 Å². The second-order valence-electron chi connectivity index (χ2n) is 5.28. The molecule has 0 aliphatic heterocycles. The van der Waals surface area contributed by atoms with Gasteiger partial charge in [0.2, 0.25) is 0 Å². The summed E-state index contributed by atoms with van der Waals surface area (Å²) >= 11 is 0. The molecule has 0 saturated heterocycles. The second-order valence-corrected chi connectivity index (χ2v) is 5.28. The number of methoxy groups -OCH3 is 1. The average Bonchev–Trinajstić information content (AvgIpc) is 2.17. The number of ether oxygens (including phenoxy) is 1. The first-order valence-corrected chi connectivity index (χ1v) is 5.66. The minimum Gasteiger partial charge on any atom is -0.481 e. The lowest BCUT2D eigenvalue weighted by molar-refractivity contribution is -0.153. The van der Waals surface area contributed by atoms with E-state index in [0.717, 1.165) is 19.3 Å². The third-order valence-electron chi connectivity index (χ3n) is 3.85. The highest BCUT2D eigenvalue weighted by Crippen LogP contribution is 2.41. The highest BCUT2D eigenvalue weighted by Gasteiger charge is 2.42. The van der Waals surface area contributed by atoms with Crippen molar-refractivity contribution in [2.75, 3.05) is 7.11 Å². The van der Waals surface area contributed by atoms with E-state index in [1.807, 2.05) is 13.8 Å². The van der Waals surface area contributed by atoms with Crippen molar-refractivity contribution < 1.29 is 14.6 Å². The molecule has 15 heavy (non-hydrogen) atoms. The first-order valence-electron chi connectivity index (χ1n) is 5.66. The highest BCUT2D eigenvalue weighted by atomic mass is 16.5. The van der Waals surface area contributed by atoms with Crippen LogP contribution < -0.4 is 0 Å². The van der Waals surface area contributed by atoms with Gasteiger partial charge in [0.25, 0.3) is 0 Å². The van der Waals surface area contributed by atoms with E-state index >= 15 is 0 Å². The molecule has 1 N–H and O–H groups in total. The maximum Gasteiger partial charge on any atom is 0.306 e. The van der Waals surface area contributed by atoms with Crippen LogP contribution in [0, 0.1) is 17.8 Å². The van der Waals surface area contributed by atoms with Crippen molar-refractivity contribution in [1.82, 2.24) is 0 Å². The molecule has 0 radical (unpaired) electrons. The molecule has 1 saturated carbocycles. The monoisotopic (exact) mass is 214 g/mol. The molecule has 0 spiro atoms. The van der Waals surface area contributed by atoms with Crippen LogP contribution in [-0.2, 0) is 9.53 Å². The quantitative estimate of drug-likeness (QED) is 0.785. The van der Waals surface area contributed by atoms with E-state index in [0.29, 0.717) is 5.92 Å². The normalized spacial score (nSPS) is 32.7. The SMILES string of the molecule is COC(C)(C)C1CCC(C)CC1C(=O)O. The maximum atomic E-state index is 11.2. The lowest BCUT2D eigenvalue weighted by Crippen LogP contribution is -2.44. The average molecular weight is 214 g/mol. The van der Waals surface area contributed by atoms with Gasteiger partial charge in [-0.3, -0.25) is 4.79 Å². The lowest BCUT2D eigenvalue weighted by atomic mass is 9.68. The fraction of sp³-hybridized carbons (Fsp3) is 0.917. The Bertz CT molecular complexity index is 235. The summed E-state index contributed by atoms with van der Waals surface area (Å²) in [5.41, 5.74) is -0.330. The third-order valence-corrected chi connectivity index (χ3v) is 3.85. The molecule has 0 aromatic carbocycles. The summed E-state index contributed by atoms with van der Waals surface area (Å²) in [5.74, 6) is -0.258. The predicted molar refractivity (Wildman–Crippen MR) is 58.7 cm³/mol. The zero-order valence-corrected chi connectivity index (χ0v) is 10.1. The standard InChI is InChI=1S/C12H22O3/c1-8-5-6-10(12(2,3)15-4)9(7-8)11(13)14/h8-10H,5-7H2,1-4H3,(H,13,14). The minimum atomic E-state index is -0.670. The summed E-state index contributed by atoms with van der Waals surface area (Å²) in [6, 6.07) is 0. The molecular weight excluding hydrogens is 192 g/mol. The second kappa shape index (κ2) is 4.52. The van der Waals surface area contributed by atoms with Gasteiger partial charge in [-0.05, 0) is 32.6 Å². The van der Waals surface area contributed by atoms with Gasteiger partial charge in [0.15, 0.2) is 0 Å². The van der Waals surface area contributed by atoms with Crippen LogP contribution in [0.2, 0.25) is 0 Å². The molecule has 3 heteroatoms. The van der Waals surface area contributed by atoms with Crippen LogP contribution in [0.15, 0.2) is 0 Å². The van der Waals surface area contributed by atoms with Crippen LogP contribution in [0.5, 0.6) is 0 Å². The third kappa shape index (κ3) is 2.71. The minimum absolute atomic E-state index is 0.135.